The maximum atomic E-state index is 12.3. The average Bonchev–Trinajstić information content (AvgIpc) is 3.19. The van der Waals surface area contributed by atoms with Crippen LogP contribution in [0, 0.1) is 0 Å². The molecule has 0 fully saturated rings. The maximum absolute atomic E-state index is 12.3. The number of pyridine rings is 1. The highest BCUT2D eigenvalue weighted by molar-refractivity contribution is 5.93. The molecule has 0 aliphatic rings. The van der Waals surface area contributed by atoms with Crippen LogP contribution in [-0.4, -0.2) is 41.4 Å². The molecular formula is C19H20N4O3. The van der Waals surface area contributed by atoms with E-state index in [9.17, 15) is 4.79 Å². The number of hydrogen-bond donors (Lipinski definition) is 1. The molecule has 2 aromatic heterocycles. The van der Waals surface area contributed by atoms with Gasteiger partial charge in [-0.05, 0) is 36.2 Å². The van der Waals surface area contributed by atoms with Crippen LogP contribution in [0.1, 0.15) is 15.9 Å². The first-order valence-corrected chi connectivity index (χ1v) is 8.15. The lowest BCUT2D eigenvalue weighted by Crippen LogP contribution is -2.25. The van der Waals surface area contributed by atoms with Crippen molar-refractivity contribution in [1.29, 1.82) is 0 Å². The van der Waals surface area contributed by atoms with Crippen LogP contribution in [0.5, 0.6) is 11.5 Å². The summed E-state index contributed by atoms with van der Waals surface area (Å²) in [4.78, 5) is 16.3. The van der Waals surface area contributed by atoms with Crippen molar-refractivity contribution < 1.29 is 14.3 Å². The van der Waals surface area contributed by atoms with Crippen molar-refractivity contribution in [3.05, 3.63) is 66.2 Å². The normalized spacial score (nSPS) is 10.4. The molecule has 1 aromatic carbocycles. The highest BCUT2D eigenvalue weighted by atomic mass is 16.5. The molecule has 3 rings (SSSR count). The van der Waals surface area contributed by atoms with Gasteiger partial charge in [-0.15, -0.1) is 0 Å². The zero-order chi connectivity index (χ0) is 18.4. The number of nitrogens with zero attached hydrogens (tertiary/aromatic N) is 3. The Morgan fingerprint density at radius 1 is 1.15 bits per heavy atom. The Labute approximate surface area is 151 Å². The molecule has 3 aromatic rings. The summed E-state index contributed by atoms with van der Waals surface area (Å²) in [5.41, 5.74) is 2.35. The summed E-state index contributed by atoms with van der Waals surface area (Å²) in [6, 6.07) is 9.41. The van der Waals surface area contributed by atoms with Gasteiger partial charge in [0.1, 0.15) is 0 Å². The van der Waals surface area contributed by atoms with Crippen molar-refractivity contribution in [2.45, 2.75) is 6.42 Å². The molecule has 0 saturated heterocycles. The summed E-state index contributed by atoms with van der Waals surface area (Å²) >= 11 is 0. The van der Waals surface area contributed by atoms with E-state index in [-0.39, 0.29) is 5.91 Å². The van der Waals surface area contributed by atoms with Crippen LogP contribution < -0.4 is 14.8 Å². The fraction of sp³-hybridized carbons (Fsp3) is 0.211. The van der Waals surface area contributed by atoms with Crippen LogP contribution in [-0.2, 0) is 6.42 Å². The highest BCUT2D eigenvalue weighted by Crippen LogP contribution is 2.27. The van der Waals surface area contributed by atoms with Crippen LogP contribution in [0.2, 0.25) is 0 Å². The van der Waals surface area contributed by atoms with Gasteiger partial charge in [-0.3, -0.25) is 9.78 Å². The van der Waals surface area contributed by atoms with Gasteiger partial charge in [0, 0.05) is 18.9 Å². The summed E-state index contributed by atoms with van der Waals surface area (Å²) in [5.74, 6) is 1.19. The second-order valence-corrected chi connectivity index (χ2v) is 5.58. The molecule has 1 amide bonds. The summed E-state index contributed by atoms with van der Waals surface area (Å²) in [6.45, 7) is 0.506. The van der Waals surface area contributed by atoms with Gasteiger partial charge in [0.25, 0.3) is 5.91 Å². The van der Waals surface area contributed by atoms with Crippen molar-refractivity contribution in [1.82, 2.24) is 20.1 Å². The van der Waals surface area contributed by atoms with Crippen molar-refractivity contribution >= 4 is 5.91 Å². The molecule has 7 nitrogen and oxygen atoms in total. The summed E-state index contributed by atoms with van der Waals surface area (Å²) in [7, 11) is 3.20. The van der Waals surface area contributed by atoms with Gasteiger partial charge in [-0.25, -0.2) is 4.68 Å². The van der Waals surface area contributed by atoms with E-state index in [2.05, 4.69) is 15.4 Å². The van der Waals surface area contributed by atoms with E-state index in [4.69, 9.17) is 9.47 Å². The van der Waals surface area contributed by atoms with E-state index in [1.807, 2.05) is 30.3 Å². The van der Waals surface area contributed by atoms with E-state index in [1.165, 1.54) is 0 Å². The number of ether oxygens (including phenoxy) is 2. The molecule has 0 unspecified atom stereocenters. The van der Waals surface area contributed by atoms with E-state index in [1.54, 1.807) is 43.7 Å². The van der Waals surface area contributed by atoms with E-state index in [0.717, 1.165) is 11.3 Å². The van der Waals surface area contributed by atoms with Gasteiger partial charge in [0.2, 0.25) is 0 Å². The third-order valence-electron chi connectivity index (χ3n) is 3.90. The molecule has 1 N–H and O–H groups in total. The highest BCUT2D eigenvalue weighted by Gasteiger charge is 2.10. The number of benzene rings is 1. The predicted molar refractivity (Wildman–Crippen MR) is 96.9 cm³/mol. The standard InChI is InChI=1S/C19H20N4O3/c1-25-17-6-5-14(10-18(17)26-2)7-9-21-19(24)15-11-22-23(13-15)16-4-3-8-20-12-16/h3-6,8,10-13H,7,9H2,1-2H3,(H,21,24). The smallest absolute Gasteiger partial charge is 0.254 e. The Morgan fingerprint density at radius 3 is 2.73 bits per heavy atom. The molecule has 26 heavy (non-hydrogen) atoms. The molecule has 0 radical (unpaired) electrons. The molecule has 7 heteroatoms. The molecule has 0 spiro atoms. The minimum absolute atomic E-state index is 0.166. The Morgan fingerprint density at radius 2 is 2.00 bits per heavy atom. The first kappa shape index (κ1) is 17.5. The van der Waals surface area contributed by atoms with Crippen molar-refractivity contribution in [2.75, 3.05) is 20.8 Å². The van der Waals surface area contributed by atoms with Gasteiger partial charge in [-0.2, -0.15) is 5.10 Å². The van der Waals surface area contributed by atoms with Crippen LogP contribution in [0.3, 0.4) is 0 Å². The van der Waals surface area contributed by atoms with Gasteiger partial charge in [0.05, 0.1) is 37.9 Å². The predicted octanol–water partition coefficient (Wildman–Crippen LogP) is 2.26. The van der Waals surface area contributed by atoms with Crippen molar-refractivity contribution in [3.63, 3.8) is 0 Å². The molecule has 0 atom stereocenters. The van der Waals surface area contributed by atoms with Gasteiger partial charge < -0.3 is 14.8 Å². The summed E-state index contributed by atoms with van der Waals surface area (Å²) in [5, 5.41) is 7.10. The number of nitrogens with one attached hydrogen (secondary N) is 1. The van der Waals surface area contributed by atoms with Crippen molar-refractivity contribution in [3.8, 4) is 17.2 Å². The second-order valence-electron chi connectivity index (χ2n) is 5.58. The molecule has 0 aliphatic carbocycles. The number of carbonyl (C=O) groups is 1. The largest absolute Gasteiger partial charge is 0.493 e. The monoisotopic (exact) mass is 352 g/mol. The van der Waals surface area contributed by atoms with E-state index >= 15 is 0 Å². The van der Waals surface area contributed by atoms with Gasteiger partial charge in [0.15, 0.2) is 11.5 Å². The zero-order valence-corrected chi connectivity index (χ0v) is 14.7. The van der Waals surface area contributed by atoms with Crippen molar-refractivity contribution in [2.24, 2.45) is 0 Å². The Balaban J connectivity index is 1.57. The topological polar surface area (TPSA) is 78.3 Å². The number of rotatable bonds is 7. The number of amides is 1. The molecular weight excluding hydrogens is 332 g/mol. The second kappa shape index (κ2) is 8.15. The lowest BCUT2D eigenvalue weighted by Gasteiger charge is -2.10. The van der Waals surface area contributed by atoms with E-state index < -0.39 is 0 Å². The lowest BCUT2D eigenvalue weighted by molar-refractivity contribution is 0.0954. The third kappa shape index (κ3) is 4.00. The molecule has 0 saturated carbocycles. The Kier molecular flexibility index (Phi) is 5.48. The van der Waals surface area contributed by atoms with Crippen LogP contribution >= 0.6 is 0 Å². The first-order valence-electron chi connectivity index (χ1n) is 8.15. The molecule has 2 heterocycles. The number of aromatic nitrogens is 3. The van der Waals surface area contributed by atoms with Crippen LogP contribution in [0.4, 0.5) is 0 Å². The molecule has 0 bridgehead atoms. The fourth-order valence-electron chi connectivity index (χ4n) is 2.53. The maximum Gasteiger partial charge on any atom is 0.254 e. The van der Waals surface area contributed by atoms with Crippen LogP contribution in [0.15, 0.2) is 55.1 Å². The van der Waals surface area contributed by atoms with Gasteiger partial charge in [-0.1, -0.05) is 6.07 Å². The van der Waals surface area contributed by atoms with Crippen LogP contribution in [0.25, 0.3) is 5.69 Å². The molecule has 0 aliphatic heterocycles. The number of hydrogen-bond acceptors (Lipinski definition) is 5. The first-order chi connectivity index (χ1) is 12.7. The Bertz CT molecular complexity index is 878. The summed E-state index contributed by atoms with van der Waals surface area (Å²) < 4.78 is 12.1. The average molecular weight is 352 g/mol. The fourth-order valence-corrected chi connectivity index (χ4v) is 2.53. The SMILES string of the molecule is COc1ccc(CCNC(=O)c2cnn(-c3cccnc3)c2)cc1OC. The minimum Gasteiger partial charge on any atom is -0.493 e. The molecule has 134 valence electrons. The minimum atomic E-state index is -0.166. The summed E-state index contributed by atoms with van der Waals surface area (Å²) in [6.07, 6.45) is 7.28. The van der Waals surface area contributed by atoms with E-state index in [0.29, 0.717) is 30.0 Å². The number of carbonyl (C=O) groups excluding carboxylic acids is 1. The zero-order valence-electron chi connectivity index (χ0n) is 14.7. The quantitative estimate of drug-likeness (QED) is 0.706. The van der Waals surface area contributed by atoms with Gasteiger partial charge >= 0.3 is 0 Å². The third-order valence-corrected chi connectivity index (χ3v) is 3.90. The Hall–Kier alpha value is -3.35. The lowest BCUT2D eigenvalue weighted by atomic mass is 10.1. The number of methoxy groups -OCH3 is 2.